The first kappa shape index (κ1) is 17.8. The number of carbonyl (C=O) groups is 1. The summed E-state index contributed by atoms with van der Waals surface area (Å²) in [6.07, 6.45) is 0. The summed E-state index contributed by atoms with van der Waals surface area (Å²) < 4.78 is 11.2. The maximum absolute atomic E-state index is 10.7. The van der Waals surface area contributed by atoms with Crippen LogP contribution in [0, 0.1) is 0 Å². The predicted molar refractivity (Wildman–Crippen MR) is 88.9 cm³/mol. The highest BCUT2D eigenvalue weighted by molar-refractivity contribution is 5.85. The Bertz CT molecular complexity index is 668. The SMILES string of the molecule is CCOc1ccc(C[NH2+]Cc2ccc(C(=O)[O-])cc2)cc1OCC. The van der Waals surface area contributed by atoms with Crippen LogP contribution in [0.5, 0.6) is 11.5 Å². The van der Waals surface area contributed by atoms with Gasteiger partial charge in [0.25, 0.3) is 0 Å². The van der Waals surface area contributed by atoms with Gasteiger partial charge < -0.3 is 24.7 Å². The Kier molecular flexibility index (Phi) is 6.63. The summed E-state index contributed by atoms with van der Waals surface area (Å²) in [5, 5.41) is 12.9. The predicted octanol–water partition coefficient (Wildman–Crippen LogP) is 1.11. The molecule has 5 heteroatoms. The molecule has 128 valence electrons. The van der Waals surface area contributed by atoms with E-state index in [1.165, 1.54) is 0 Å². The highest BCUT2D eigenvalue weighted by Gasteiger charge is 2.07. The Balaban J connectivity index is 1.93. The van der Waals surface area contributed by atoms with Crippen molar-refractivity contribution in [2.24, 2.45) is 0 Å². The molecule has 0 aliphatic carbocycles. The van der Waals surface area contributed by atoms with Gasteiger partial charge in [0.1, 0.15) is 13.1 Å². The molecule has 0 unspecified atom stereocenters. The second-order valence-electron chi connectivity index (χ2n) is 5.33. The number of ether oxygens (including phenoxy) is 2. The highest BCUT2D eigenvalue weighted by Crippen LogP contribution is 2.28. The highest BCUT2D eigenvalue weighted by atomic mass is 16.5. The van der Waals surface area contributed by atoms with E-state index in [9.17, 15) is 9.90 Å². The van der Waals surface area contributed by atoms with E-state index in [2.05, 4.69) is 5.32 Å². The van der Waals surface area contributed by atoms with E-state index in [-0.39, 0.29) is 5.56 Å². The fourth-order valence-corrected chi connectivity index (χ4v) is 2.40. The summed E-state index contributed by atoms with van der Waals surface area (Å²) in [5.74, 6) is 0.382. The molecule has 2 rings (SSSR count). The van der Waals surface area contributed by atoms with Gasteiger partial charge in [-0.1, -0.05) is 24.3 Å². The van der Waals surface area contributed by atoms with Crippen molar-refractivity contribution in [2.75, 3.05) is 13.2 Å². The average Bonchev–Trinajstić information content (AvgIpc) is 2.58. The van der Waals surface area contributed by atoms with E-state index in [0.717, 1.165) is 35.7 Å². The number of hydrogen-bond donors (Lipinski definition) is 1. The molecule has 0 saturated carbocycles. The zero-order chi connectivity index (χ0) is 17.4. The molecule has 0 heterocycles. The number of quaternary nitrogens is 1. The first-order chi connectivity index (χ1) is 11.6. The lowest BCUT2D eigenvalue weighted by atomic mass is 10.1. The van der Waals surface area contributed by atoms with Gasteiger partial charge in [0, 0.05) is 11.1 Å². The van der Waals surface area contributed by atoms with Crippen molar-refractivity contribution in [1.29, 1.82) is 0 Å². The summed E-state index contributed by atoms with van der Waals surface area (Å²) in [6.45, 7) is 6.67. The molecule has 0 bridgehead atoms. The van der Waals surface area contributed by atoms with Crippen LogP contribution in [0.1, 0.15) is 35.3 Å². The number of carboxylic acids is 1. The topological polar surface area (TPSA) is 75.2 Å². The number of hydrogen-bond acceptors (Lipinski definition) is 4. The number of carbonyl (C=O) groups excluding carboxylic acids is 1. The van der Waals surface area contributed by atoms with Crippen LogP contribution < -0.4 is 19.9 Å². The summed E-state index contributed by atoms with van der Waals surface area (Å²) in [4.78, 5) is 10.7. The molecule has 0 aromatic heterocycles. The lowest BCUT2D eigenvalue weighted by Gasteiger charge is -2.12. The Morgan fingerprint density at radius 3 is 2.12 bits per heavy atom. The molecular weight excluding hydrogens is 306 g/mol. The van der Waals surface area contributed by atoms with Crippen molar-refractivity contribution in [3.63, 3.8) is 0 Å². The molecule has 24 heavy (non-hydrogen) atoms. The van der Waals surface area contributed by atoms with Crippen molar-refractivity contribution >= 4 is 5.97 Å². The molecule has 0 amide bonds. The third kappa shape index (κ3) is 4.99. The lowest BCUT2D eigenvalue weighted by Crippen LogP contribution is -2.80. The maximum Gasteiger partial charge on any atom is 0.161 e. The monoisotopic (exact) mass is 329 g/mol. The van der Waals surface area contributed by atoms with Crippen LogP contribution in [0.15, 0.2) is 42.5 Å². The van der Waals surface area contributed by atoms with E-state index in [4.69, 9.17) is 9.47 Å². The second kappa shape index (κ2) is 8.93. The van der Waals surface area contributed by atoms with Crippen LogP contribution in [0.25, 0.3) is 0 Å². The molecule has 0 saturated heterocycles. The molecule has 0 aliphatic heterocycles. The minimum Gasteiger partial charge on any atom is -0.545 e. The van der Waals surface area contributed by atoms with Gasteiger partial charge in [-0.2, -0.15) is 0 Å². The van der Waals surface area contributed by atoms with Crippen molar-refractivity contribution in [3.05, 3.63) is 59.2 Å². The molecule has 0 spiro atoms. The minimum atomic E-state index is -1.15. The summed E-state index contributed by atoms with van der Waals surface area (Å²) in [5.41, 5.74) is 2.41. The summed E-state index contributed by atoms with van der Waals surface area (Å²) in [6, 6.07) is 12.7. The van der Waals surface area contributed by atoms with E-state index in [1.807, 2.05) is 44.2 Å². The fourth-order valence-electron chi connectivity index (χ4n) is 2.40. The summed E-state index contributed by atoms with van der Waals surface area (Å²) >= 11 is 0. The zero-order valence-corrected chi connectivity index (χ0v) is 14.1. The Morgan fingerprint density at radius 1 is 0.917 bits per heavy atom. The maximum atomic E-state index is 10.7. The molecule has 0 radical (unpaired) electrons. The number of nitrogens with two attached hydrogens (primary N) is 1. The number of carboxylic acid groups (broad SMARTS) is 1. The third-order valence-corrected chi connectivity index (χ3v) is 3.56. The molecular formula is C19H23NO4. The van der Waals surface area contributed by atoms with Gasteiger partial charge in [-0.25, -0.2) is 0 Å². The van der Waals surface area contributed by atoms with Crippen LogP contribution in [0.3, 0.4) is 0 Å². The molecule has 2 N–H and O–H groups in total. The third-order valence-electron chi connectivity index (χ3n) is 3.56. The average molecular weight is 329 g/mol. The molecule has 0 aliphatic rings. The minimum absolute atomic E-state index is 0.201. The van der Waals surface area contributed by atoms with E-state index < -0.39 is 5.97 Å². The molecule has 0 fully saturated rings. The molecule has 2 aromatic rings. The zero-order valence-electron chi connectivity index (χ0n) is 14.1. The van der Waals surface area contributed by atoms with Gasteiger partial charge in [0.05, 0.1) is 19.2 Å². The van der Waals surface area contributed by atoms with Gasteiger partial charge in [-0.15, -0.1) is 0 Å². The Labute approximate surface area is 142 Å². The van der Waals surface area contributed by atoms with Crippen molar-refractivity contribution in [3.8, 4) is 11.5 Å². The lowest BCUT2D eigenvalue weighted by molar-refractivity contribution is -0.686. The second-order valence-corrected chi connectivity index (χ2v) is 5.33. The van der Waals surface area contributed by atoms with Crippen LogP contribution >= 0.6 is 0 Å². The summed E-state index contributed by atoms with van der Waals surface area (Å²) in [7, 11) is 0. The van der Waals surface area contributed by atoms with Crippen LogP contribution in [0.2, 0.25) is 0 Å². The van der Waals surface area contributed by atoms with Crippen molar-refractivity contribution in [2.45, 2.75) is 26.9 Å². The fraction of sp³-hybridized carbons (Fsp3) is 0.316. The van der Waals surface area contributed by atoms with Gasteiger partial charge in [-0.05, 0) is 37.6 Å². The molecule has 0 atom stereocenters. The van der Waals surface area contributed by atoms with Gasteiger partial charge in [0.2, 0.25) is 0 Å². The quantitative estimate of drug-likeness (QED) is 0.748. The van der Waals surface area contributed by atoms with E-state index >= 15 is 0 Å². The van der Waals surface area contributed by atoms with E-state index in [0.29, 0.717) is 13.2 Å². The van der Waals surface area contributed by atoms with Gasteiger partial charge >= 0.3 is 0 Å². The van der Waals surface area contributed by atoms with Gasteiger partial charge in [0.15, 0.2) is 11.5 Å². The van der Waals surface area contributed by atoms with Crippen molar-refractivity contribution in [1.82, 2.24) is 0 Å². The first-order valence-electron chi connectivity index (χ1n) is 8.14. The Morgan fingerprint density at radius 2 is 1.50 bits per heavy atom. The number of benzene rings is 2. The number of rotatable bonds is 9. The van der Waals surface area contributed by atoms with Crippen molar-refractivity contribution < 1.29 is 24.7 Å². The molecule has 5 nitrogen and oxygen atoms in total. The molecule has 2 aromatic carbocycles. The van der Waals surface area contributed by atoms with Crippen LogP contribution in [0.4, 0.5) is 0 Å². The number of aromatic carboxylic acids is 1. The first-order valence-corrected chi connectivity index (χ1v) is 8.14. The van der Waals surface area contributed by atoms with Gasteiger partial charge in [-0.3, -0.25) is 0 Å². The smallest absolute Gasteiger partial charge is 0.161 e. The van der Waals surface area contributed by atoms with E-state index in [1.54, 1.807) is 12.1 Å². The standard InChI is InChI=1S/C19H23NO4/c1-3-23-17-10-7-15(11-18(17)24-4-2)13-20-12-14-5-8-16(9-6-14)19(21)22/h5-11,20H,3-4,12-13H2,1-2H3,(H,21,22). The largest absolute Gasteiger partial charge is 0.545 e. The van der Waals surface area contributed by atoms with Crippen LogP contribution in [-0.2, 0) is 13.1 Å². The van der Waals surface area contributed by atoms with Crippen LogP contribution in [-0.4, -0.2) is 19.2 Å². The Hall–Kier alpha value is -2.53. The normalized spacial score (nSPS) is 10.4.